The van der Waals surface area contributed by atoms with E-state index in [-0.39, 0.29) is 11.7 Å². The van der Waals surface area contributed by atoms with Gasteiger partial charge < -0.3 is 0 Å². The Morgan fingerprint density at radius 2 is 1.35 bits per heavy atom. The van der Waals surface area contributed by atoms with Crippen LogP contribution < -0.4 is 0 Å². The lowest BCUT2D eigenvalue weighted by Gasteiger charge is -2.09. The van der Waals surface area contributed by atoms with E-state index in [0.717, 1.165) is 34.6 Å². The molecule has 0 heterocycles. The number of rotatable bonds is 3. The Balaban J connectivity index is 1.80. The molecule has 2 aromatic rings. The highest BCUT2D eigenvalue weighted by Gasteiger charge is 2.20. The van der Waals surface area contributed by atoms with E-state index in [1.54, 1.807) is 0 Å². The third-order valence-electron chi connectivity index (χ3n) is 3.73. The van der Waals surface area contributed by atoms with Crippen LogP contribution in [0, 0.1) is 5.92 Å². The minimum atomic E-state index is 0.136. The SMILES string of the molecule is O=C(c1ccc(-c2ccc(Cl)cc2)cc1)C1CC=CC1. The van der Waals surface area contributed by atoms with E-state index in [9.17, 15) is 4.79 Å². The summed E-state index contributed by atoms with van der Waals surface area (Å²) in [6.45, 7) is 0. The van der Waals surface area contributed by atoms with Gasteiger partial charge in [-0.3, -0.25) is 4.79 Å². The third-order valence-corrected chi connectivity index (χ3v) is 3.98. The molecule has 100 valence electrons. The Morgan fingerprint density at radius 1 is 0.850 bits per heavy atom. The molecule has 3 rings (SSSR count). The molecular formula is C18H15ClO. The lowest BCUT2D eigenvalue weighted by molar-refractivity contribution is 0.0926. The topological polar surface area (TPSA) is 17.1 Å². The standard InChI is InChI=1S/C18H15ClO/c19-17-11-9-14(10-12-17)13-5-7-16(8-6-13)18(20)15-3-1-2-4-15/h1-2,5-12,15H,3-4H2. The first-order valence-electron chi connectivity index (χ1n) is 6.79. The predicted octanol–water partition coefficient (Wildman–Crippen LogP) is 5.16. The molecule has 0 atom stereocenters. The van der Waals surface area contributed by atoms with Crippen LogP contribution in [0.4, 0.5) is 0 Å². The van der Waals surface area contributed by atoms with Crippen molar-refractivity contribution >= 4 is 17.4 Å². The minimum absolute atomic E-state index is 0.136. The molecule has 0 radical (unpaired) electrons. The number of hydrogen-bond donors (Lipinski definition) is 0. The van der Waals surface area contributed by atoms with E-state index in [4.69, 9.17) is 11.6 Å². The number of ketones is 1. The van der Waals surface area contributed by atoms with E-state index < -0.39 is 0 Å². The van der Waals surface area contributed by atoms with Crippen LogP contribution >= 0.6 is 11.6 Å². The molecule has 0 bridgehead atoms. The van der Waals surface area contributed by atoms with Crippen molar-refractivity contribution in [3.05, 3.63) is 71.3 Å². The van der Waals surface area contributed by atoms with Crippen molar-refractivity contribution in [3.8, 4) is 11.1 Å². The summed E-state index contributed by atoms with van der Waals surface area (Å²) in [6, 6.07) is 15.6. The normalized spacial score (nSPS) is 14.7. The second kappa shape index (κ2) is 5.64. The van der Waals surface area contributed by atoms with Gasteiger partial charge in [-0.25, -0.2) is 0 Å². The number of allylic oxidation sites excluding steroid dienone is 2. The third kappa shape index (κ3) is 2.68. The van der Waals surface area contributed by atoms with Crippen LogP contribution in [0.15, 0.2) is 60.7 Å². The summed E-state index contributed by atoms with van der Waals surface area (Å²) in [6.07, 6.45) is 5.92. The zero-order chi connectivity index (χ0) is 13.9. The molecule has 2 aromatic carbocycles. The molecule has 0 aliphatic heterocycles. The van der Waals surface area contributed by atoms with Gasteiger partial charge in [-0.1, -0.05) is 60.2 Å². The average molecular weight is 283 g/mol. The molecule has 0 fully saturated rings. The maximum atomic E-state index is 12.3. The Kier molecular flexibility index (Phi) is 3.70. The summed E-state index contributed by atoms with van der Waals surface area (Å²) in [7, 11) is 0. The predicted molar refractivity (Wildman–Crippen MR) is 83.1 cm³/mol. The van der Waals surface area contributed by atoms with E-state index >= 15 is 0 Å². The van der Waals surface area contributed by atoms with Crippen LogP contribution in [-0.4, -0.2) is 5.78 Å². The average Bonchev–Trinajstić information content (AvgIpc) is 3.02. The second-order valence-corrected chi connectivity index (χ2v) is 5.52. The smallest absolute Gasteiger partial charge is 0.166 e. The van der Waals surface area contributed by atoms with Crippen molar-refractivity contribution in [3.63, 3.8) is 0 Å². The van der Waals surface area contributed by atoms with Crippen LogP contribution in [0.5, 0.6) is 0 Å². The fourth-order valence-electron chi connectivity index (χ4n) is 2.54. The van der Waals surface area contributed by atoms with E-state index in [0.29, 0.717) is 0 Å². The highest BCUT2D eigenvalue weighted by molar-refractivity contribution is 6.30. The van der Waals surface area contributed by atoms with Gasteiger partial charge in [0.25, 0.3) is 0 Å². The summed E-state index contributed by atoms with van der Waals surface area (Å²) in [5.74, 6) is 0.383. The number of carbonyl (C=O) groups excluding carboxylic acids is 1. The van der Waals surface area contributed by atoms with Gasteiger partial charge in [0, 0.05) is 16.5 Å². The van der Waals surface area contributed by atoms with Gasteiger partial charge in [0.1, 0.15) is 0 Å². The Bertz CT molecular complexity index is 630. The summed E-state index contributed by atoms with van der Waals surface area (Å²) < 4.78 is 0. The summed E-state index contributed by atoms with van der Waals surface area (Å²) >= 11 is 5.89. The van der Waals surface area contributed by atoms with Gasteiger partial charge in [0.2, 0.25) is 0 Å². The molecule has 2 heteroatoms. The molecule has 0 spiro atoms. The quantitative estimate of drug-likeness (QED) is 0.562. The molecule has 0 saturated heterocycles. The fraction of sp³-hybridized carbons (Fsp3) is 0.167. The summed E-state index contributed by atoms with van der Waals surface area (Å²) in [4.78, 5) is 12.3. The van der Waals surface area contributed by atoms with Gasteiger partial charge in [-0.15, -0.1) is 0 Å². The van der Waals surface area contributed by atoms with E-state index in [1.807, 2.05) is 48.5 Å². The molecule has 0 unspecified atom stereocenters. The molecule has 1 aliphatic rings. The van der Waals surface area contributed by atoms with Gasteiger partial charge in [0.05, 0.1) is 0 Å². The zero-order valence-corrected chi connectivity index (χ0v) is 11.8. The van der Waals surface area contributed by atoms with Gasteiger partial charge in [0.15, 0.2) is 5.78 Å². The minimum Gasteiger partial charge on any atom is -0.294 e. The van der Waals surface area contributed by atoms with Crippen molar-refractivity contribution < 1.29 is 4.79 Å². The van der Waals surface area contributed by atoms with Crippen LogP contribution in [-0.2, 0) is 0 Å². The number of halogens is 1. The number of benzene rings is 2. The summed E-state index contributed by atoms with van der Waals surface area (Å²) in [5.41, 5.74) is 3.01. The van der Waals surface area contributed by atoms with Crippen molar-refractivity contribution in [2.75, 3.05) is 0 Å². The monoisotopic (exact) mass is 282 g/mol. The van der Waals surface area contributed by atoms with Crippen LogP contribution in [0.25, 0.3) is 11.1 Å². The van der Waals surface area contributed by atoms with E-state index in [2.05, 4.69) is 12.2 Å². The highest BCUT2D eigenvalue weighted by Crippen LogP contribution is 2.25. The maximum Gasteiger partial charge on any atom is 0.166 e. The summed E-state index contributed by atoms with van der Waals surface area (Å²) in [5, 5.41) is 0.731. The van der Waals surface area contributed by atoms with E-state index in [1.165, 1.54) is 0 Å². The van der Waals surface area contributed by atoms with Crippen LogP contribution in [0.1, 0.15) is 23.2 Å². The lowest BCUT2D eigenvalue weighted by atomic mass is 9.94. The Hall–Kier alpha value is -1.86. The first kappa shape index (κ1) is 13.1. The first-order valence-corrected chi connectivity index (χ1v) is 7.17. The van der Waals surface area contributed by atoms with Gasteiger partial charge in [-0.2, -0.15) is 0 Å². The molecule has 20 heavy (non-hydrogen) atoms. The van der Waals surface area contributed by atoms with Crippen LogP contribution in [0.2, 0.25) is 5.02 Å². The van der Waals surface area contributed by atoms with Crippen molar-refractivity contribution in [2.45, 2.75) is 12.8 Å². The number of Topliss-reactive ketones (excluding diaryl/α,β-unsaturated/α-hetero) is 1. The molecule has 0 amide bonds. The molecule has 0 N–H and O–H groups in total. The number of carbonyl (C=O) groups is 1. The Morgan fingerprint density at radius 3 is 1.90 bits per heavy atom. The first-order chi connectivity index (χ1) is 9.74. The molecule has 0 aromatic heterocycles. The van der Waals surface area contributed by atoms with Crippen molar-refractivity contribution in [1.29, 1.82) is 0 Å². The van der Waals surface area contributed by atoms with Crippen LogP contribution in [0.3, 0.4) is 0 Å². The molecule has 0 saturated carbocycles. The Labute approximate surface area is 123 Å². The molecule has 1 aliphatic carbocycles. The molecule has 1 nitrogen and oxygen atoms in total. The maximum absolute atomic E-state index is 12.3. The van der Waals surface area contributed by atoms with Gasteiger partial charge >= 0.3 is 0 Å². The fourth-order valence-corrected chi connectivity index (χ4v) is 2.66. The zero-order valence-electron chi connectivity index (χ0n) is 11.1. The lowest BCUT2D eigenvalue weighted by Crippen LogP contribution is -2.11. The van der Waals surface area contributed by atoms with Crippen molar-refractivity contribution in [1.82, 2.24) is 0 Å². The largest absolute Gasteiger partial charge is 0.294 e. The molecular weight excluding hydrogens is 268 g/mol. The number of hydrogen-bond acceptors (Lipinski definition) is 1. The highest BCUT2D eigenvalue weighted by atomic mass is 35.5. The van der Waals surface area contributed by atoms with Gasteiger partial charge in [-0.05, 0) is 36.1 Å². The second-order valence-electron chi connectivity index (χ2n) is 5.09. The van der Waals surface area contributed by atoms with Crippen molar-refractivity contribution in [2.24, 2.45) is 5.92 Å².